The Hall–Kier alpha value is -2.45. The number of rotatable bonds is 8. The van der Waals surface area contributed by atoms with E-state index in [9.17, 15) is 19.5 Å². The fourth-order valence-electron chi connectivity index (χ4n) is 3.59. The summed E-state index contributed by atoms with van der Waals surface area (Å²) in [5, 5.41) is 19.1. The SMILES string of the molecule is CCCC[C@@H](C(=O)N1CCC[C@H]1C(=O)N(C)c1ccccc1)[C@H](O)C(=O)NO. The van der Waals surface area contributed by atoms with Crippen molar-refractivity contribution in [2.24, 2.45) is 5.92 Å². The van der Waals surface area contributed by atoms with Crippen LogP contribution in [0.5, 0.6) is 0 Å². The summed E-state index contributed by atoms with van der Waals surface area (Å²) in [4.78, 5) is 40.8. The maximum absolute atomic E-state index is 13.1. The summed E-state index contributed by atoms with van der Waals surface area (Å²) in [5.41, 5.74) is 2.14. The van der Waals surface area contributed by atoms with Gasteiger partial charge in [-0.2, -0.15) is 0 Å². The molecule has 1 heterocycles. The second-order valence-electron chi connectivity index (χ2n) is 7.09. The fourth-order valence-corrected chi connectivity index (χ4v) is 3.59. The van der Waals surface area contributed by atoms with Crippen LogP contribution in [0.25, 0.3) is 0 Å². The van der Waals surface area contributed by atoms with Gasteiger partial charge in [-0.25, -0.2) is 5.48 Å². The van der Waals surface area contributed by atoms with Crippen molar-refractivity contribution in [1.82, 2.24) is 10.4 Å². The van der Waals surface area contributed by atoms with Crippen LogP contribution < -0.4 is 10.4 Å². The molecule has 28 heavy (non-hydrogen) atoms. The summed E-state index contributed by atoms with van der Waals surface area (Å²) in [6.07, 6.45) is 1.28. The molecular weight excluding hydrogens is 362 g/mol. The number of nitrogens with zero attached hydrogens (tertiary/aromatic N) is 2. The number of benzene rings is 1. The largest absolute Gasteiger partial charge is 0.382 e. The Morgan fingerprint density at radius 3 is 2.57 bits per heavy atom. The van der Waals surface area contributed by atoms with Gasteiger partial charge in [0.05, 0.1) is 5.92 Å². The number of carbonyl (C=O) groups is 3. The minimum atomic E-state index is -1.66. The molecule has 1 aromatic rings. The maximum Gasteiger partial charge on any atom is 0.272 e. The number of carbonyl (C=O) groups excluding carboxylic acids is 3. The first-order chi connectivity index (χ1) is 13.4. The minimum Gasteiger partial charge on any atom is -0.382 e. The van der Waals surface area contributed by atoms with Crippen molar-refractivity contribution in [1.29, 1.82) is 0 Å². The average molecular weight is 391 g/mol. The van der Waals surface area contributed by atoms with Gasteiger partial charge in [0.2, 0.25) is 11.8 Å². The molecule has 0 saturated carbocycles. The monoisotopic (exact) mass is 391 g/mol. The van der Waals surface area contributed by atoms with Crippen LogP contribution in [0, 0.1) is 5.92 Å². The Morgan fingerprint density at radius 1 is 1.29 bits per heavy atom. The van der Waals surface area contributed by atoms with Crippen LogP contribution in [-0.2, 0) is 14.4 Å². The van der Waals surface area contributed by atoms with Gasteiger partial charge in [0, 0.05) is 19.3 Å². The highest BCUT2D eigenvalue weighted by Gasteiger charge is 2.41. The van der Waals surface area contributed by atoms with Crippen molar-refractivity contribution >= 4 is 23.4 Å². The van der Waals surface area contributed by atoms with E-state index in [4.69, 9.17) is 5.21 Å². The summed E-state index contributed by atoms with van der Waals surface area (Å²) in [7, 11) is 1.67. The van der Waals surface area contributed by atoms with E-state index in [-0.39, 0.29) is 5.91 Å². The second kappa shape index (κ2) is 10.2. The van der Waals surface area contributed by atoms with Crippen LogP contribution in [0.15, 0.2) is 30.3 Å². The highest BCUT2D eigenvalue weighted by molar-refractivity contribution is 6.00. The van der Waals surface area contributed by atoms with E-state index in [0.29, 0.717) is 32.2 Å². The normalized spacial score (nSPS) is 18.4. The van der Waals surface area contributed by atoms with E-state index < -0.39 is 29.9 Å². The molecule has 0 aromatic heterocycles. The molecule has 3 N–H and O–H groups in total. The molecule has 1 aromatic carbocycles. The molecule has 0 unspecified atom stereocenters. The third-order valence-electron chi connectivity index (χ3n) is 5.24. The van der Waals surface area contributed by atoms with Gasteiger partial charge in [-0.15, -0.1) is 0 Å². The highest BCUT2D eigenvalue weighted by Crippen LogP contribution is 2.26. The Balaban J connectivity index is 2.19. The molecule has 154 valence electrons. The van der Waals surface area contributed by atoms with Crippen molar-refractivity contribution in [3.05, 3.63) is 30.3 Å². The van der Waals surface area contributed by atoms with Gasteiger partial charge in [-0.1, -0.05) is 38.0 Å². The molecular formula is C20H29N3O5. The third-order valence-corrected chi connectivity index (χ3v) is 5.24. The van der Waals surface area contributed by atoms with Gasteiger partial charge in [0.1, 0.15) is 12.1 Å². The molecule has 8 heteroatoms. The molecule has 1 aliphatic rings. The van der Waals surface area contributed by atoms with E-state index in [1.807, 2.05) is 37.3 Å². The minimum absolute atomic E-state index is 0.201. The zero-order chi connectivity index (χ0) is 20.7. The van der Waals surface area contributed by atoms with Gasteiger partial charge >= 0.3 is 0 Å². The Labute approximate surface area is 165 Å². The predicted molar refractivity (Wildman–Crippen MR) is 104 cm³/mol. The Bertz CT molecular complexity index is 682. The third kappa shape index (κ3) is 4.88. The fraction of sp³-hybridized carbons (Fsp3) is 0.550. The van der Waals surface area contributed by atoms with Crippen LogP contribution in [-0.4, -0.2) is 58.7 Å². The number of hydrogen-bond acceptors (Lipinski definition) is 5. The quantitative estimate of drug-likeness (QED) is 0.457. The number of likely N-dealkylation sites (tertiary alicyclic amines) is 1. The van der Waals surface area contributed by atoms with Crippen molar-refractivity contribution in [3.8, 4) is 0 Å². The van der Waals surface area contributed by atoms with E-state index in [2.05, 4.69) is 0 Å². The zero-order valence-corrected chi connectivity index (χ0v) is 16.4. The molecule has 3 amide bonds. The molecule has 0 bridgehead atoms. The van der Waals surface area contributed by atoms with E-state index in [1.54, 1.807) is 7.05 Å². The Kier molecular flexibility index (Phi) is 7.95. The van der Waals surface area contributed by atoms with Crippen molar-refractivity contribution in [2.45, 2.75) is 51.2 Å². The number of likely N-dealkylation sites (N-methyl/N-ethyl adjacent to an activating group) is 1. The number of hydroxylamine groups is 1. The lowest BCUT2D eigenvalue weighted by molar-refractivity contribution is -0.152. The van der Waals surface area contributed by atoms with Crippen LogP contribution in [0.3, 0.4) is 0 Å². The van der Waals surface area contributed by atoms with E-state index >= 15 is 0 Å². The number of para-hydroxylation sites is 1. The topological polar surface area (TPSA) is 110 Å². The molecule has 2 rings (SSSR count). The highest BCUT2D eigenvalue weighted by atomic mass is 16.5. The maximum atomic E-state index is 13.1. The van der Waals surface area contributed by atoms with Crippen LogP contribution >= 0.6 is 0 Å². The molecule has 0 aliphatic carbocycles. The van der Waals surface area contributed by atoms with Gasteiger partial charge in [-0.3, -0.25) is 19.6 Å². The predicted octanol–water partition coefficient (Wildman–Crippen LogP) is 1.31. The number of unbranched alkanes of at least 4 members (excludes halogenated alkanes) is 1. The average Bonchev–Trinajstić information content (AvgIpc) is 3.22. The summed E-state index contributed by atoms with van der Waals surface area (Å²) >= 11 is 0. The first-order valence-corrected chi connectivity index (χ1v) is 9.67. The lowest BCUT2D eigenvalue weighted by Gasteiger charge is -2.32. The van der Waals surface area contributed by atoms with Crippen molar-refractivity contribution in [3.63, 3.8) is 0 Å². The van der Waals surface area contributed by atoms with Gasteiger partial charge < -0.3 is 14.9 Å². The lowest BCUT2D eigenvalue weighted by Crippen LogP contribution is -2.52. The van der Waals surface area contributed by atoms with Gasteiger partial charge in [0.25, 0.3) is 5.91 Å². The van der Waals surface area contributed by atoms with Crippen molar-refractivity contribution < 1.29 is 24.7 Å². The number of aliphatic hydroxyl groups excluding tert-OH is 1. The molecule has 8 nitrogen and oxygen atoms in total. The molecule has 0 radical (unpaired) electrons. The molecule has 1 aliphatic heterocycles. The summed E-state index contributed by atoms with van der Waals surface area (Å²) in [6, 6.07) is 8.53. The van der Waals surface area contributed by atoms with Crippen LogP contribution in [0.1, 0.15) is 39.0 Å². The van der Waals surface area contributed by atoms with Crippen LogP contribution in [0.4, 0.5) is 5.69 Å². The summed E-state index contributed by atoms with van der Waals surface area (Å²) in [6.45, 7) is 2.34. The first kappa shape index (κ1) is 21.8. The molecule has 0 spiro atoms. The molecule has 3 atom stereocenters. The van der Waals surface area contributed by atoms with Crippen LogP contribution in [0.2, 0.25) is 0 Å². The number of anilines is 1. The molecule has 1 saturated heterocycles. The first-order valence-electron chi connectivity index (χ1n) is 9.67. The summed E-state index contributed by atoms with van der Waals surface area (Å²) in [5.74, 6) is -2.64. The lowest BCUT2D eigenvalue weighted by atomic mass is 9.93. The number of nitrogens with one attached hydrogen (secondary N) is 1. The second-order valence-corrected chi connectivity index (χ2v) is 7.09. The smallest absolute Gasteiger partial charge is 0.272 e. The van der Waals surface area contributed by atoms with Crippen molar-refractivity contribution in [2.75, 3.05) is 18.5 Å². The standard InChI is InChI=1S/C20H29N3O5/c1-3-4-11-15(17(24)18(25)21-28)19(26)23-13-8-12-16(23)20(27)22(2)14-9-6-5-7-10-14/h5-7,9-10,15-17,24,28H,3-4,8,11-13H2,1-2H3,(H,21,25)/t15-,16+,17+/m1/s1. The van der Waals surface area contributed by atoms with E-state index in [1.165, 1.54) is 15.3 Å². The Morgan fingerprint density at radius 2 is 1.96 bits per heavy atom. The zero-order valence-electron chi connectivity index (χ0n) is 16.4. The molecule has 1 fully saturated rings. The number of aliphatic hydroxyl groups is 1. The summed E-state index contributed by atoms with van der Waals surface area (Å²) < 4.78 is 0. The van der Waals surface area contributed by atoms with E-state index in [0.717, 1.165) is 12.1 Å². The van der Waals surface area contributed by atoms with Gasteiger partial charge in [0.15, 0.2) is 0 Å². The number of hydrogen-bond donors (Lipinski definition) is 3. The number of amides is 3. The van der Waals surface area contributed by atoms with Gasteiger partial charge in [-0.05, 0) is 31.4 Å².